The van der Waals surface area contributed by atoms with Gasteiger partial charge in [0.25, 0.3) is 0 Å². The molecule has 0 aromatic carbocycles. The molecule has 3 atom stereocenters. The van der Waals surface area contributed by atoms with E-state index >= 15 is 0 Å². The second-order valence-corrected chi connectivity index (χ2v) is 4.97. The molecule has 2 heteroatoms. The molecule has 0 amide bonds. The second kappa shape index (κ2) is 6.85. The minimum absolute atomic E-state index is 0.142. The van der Waals surface area contributed by atoms with Gasteiger partial charge in [0.05, 0.1) is 6.61 Å². The average Bonchev–Trinajstić information content (AvgIpc) is 2.30. The van der Waals surface area contributed by atoms with Crippen LogP contribution in [0.25, 0.3) is 0 Å². The average molecular weight is 224 g/mol. The van der Waals surface area contributed by atoms with Gasteiger partial charge in [-0.25, -0.2) is 0 Å². The lowest BCUT2D eigenvalue weighted by atomic mass is 9.85. The Balaban J connectivity index is 2.20. The lowest BCUT2D eigenvalue weighted by Crippen LogP contribution is -2.23. The Hall–Kier alpha value is -0.630. The van der Waals surface area contributed by atoms with Crippen molar-refractivity contribution < 1.29 is 9.53 Å². The molecule has 1 aliphatic rings. The first kappa shape index (κ1) is 13.4. The zero-order valence-electron chi connectivity index (χ0n) is 10.7. The molecule has 1 aliphatic carbocycles. The van der Waals surface area contributed by atoms with Gasteiger partial charge in [0.15, 0.2) is 5.78 Å². The number of carbonyl (C=O) groups excluding carboxylic acids is 1. The Kier molecular flexibility index (Phi) is 5.75. The topological polar surface area (TPSA) is 26.3 Å². The summed E-state index contributed by atoms with van der Waals surface area (Å²) in [5.74, 6) is 1.66. The molecule has 16 heavy (non-hydrogen) atoms. The summed E-state index contributed by atoms with van der Waals surface area (Å²) >= 11 is 0. The highest BCUT2D eigenvalue weighted by molar-refractivity contribution is 5.81. The molecule has 0 aromatic rings. The third kappa shape index (κ3) is 4.09. The molecule has 0 fully saturated rings. The molecular weight excluding hydrogens is 200 g/mol. The molecule has 0 N–H and O–H groups in total. The first-order valence-corrected chi connectivity index (χ1v) is 6.40. The fourth-order valence-corrected chi connectivity index (χ4v) is 1.92. The van der Waals surface area contributed by atoms with Gasteiger partial charge < -0.3 is 4.74 Å². The second-order valence-electron chi connectivity index (χ2n) is 4.97. The molecule has 0 bridgehead atoms. The van der Waals surface area contributed by atoms with Crippen LogP contribution in [-0.2, 0) is 9.53 Å². The van der Waals surface area contributed by atoms with Crippen molar-refractivity contribution >= 4 is 5.78 Å². The Labute approximate surface area is 99.1 Å². The molecule has 2 nitrogen and oxygen atoms in total. The minimum Gasteiger partial charge on any atom is -0.373 e. The smallest absolute Gasteiger partial charge is 0.161 e. The van der Waals surface area contributed by atoms with E-state index in [0.717, 1.165) is 25.9 Å². The van der Waals surface area contributed by atoms with Crippen LogP contribution in [0.2, 0.25) is 0 Å². The van der Waals surface area contributed by atoms with Gasteiger partial charge in [-0.15, -0.1) is 0 Å². The van der Waals surface area contributed by atoms with E-state index in [1.165, 1.54) is 0 Å². The summed E-state index contributed by atoms with van der Waals surface area (Å²) < 4.78 is 5.54. The molecule has 0 heterocycles. The van der Waals surface area contributed by atoms with Gasteiger partial charge in [-0.3, -0.25) is 4.79 Å². The summed E-state index contributed by atoms with van der Waals surface area (Å²) in [5.41, 5.74) is 0. The number of allylic oxidation sites excluding steroid dienone is 2. The van der Waals surface area contributed by atoms with Crippen molar-refractivity contribution in [2.45, 2.75) is 40.0 Å². The van der Waals surface area contributed by atoms with E-state index in [4.69, 9.17) is 4.74 Å². The van der Waals surface area contributed by atoms with E-state index in [0.29, 0.717) is 18.4 Å². The maximum atomic E-state index is 11.6. The predicted molar refractivity (Wildman–Crippen MR) is 66.3 cm³/mol. The van der Waals surface area contributed by atoms with Crippen LogP contribution in [0.1, 0.15) is 40.0 Å². The van der Waals surface area contributed by atoms with E-state index < -0.39 is 0 Å². The molecule has 0 aliphatic heterocycles. The largest absolute Gasteiger partial charge is 0.373 e. The molecule has 92 valence electrons. The van der Waals surface area contributed by atoms with Crippen molar-refractivity contribution in [2.75, 3.05) is 13.2 Å². The van der Waals surface area contributed by atoms with Gasteiger partial charge in [0.1, 0.15) is 6.61 Å². The Bertz CT molecular complexity index is 245. The summed E-state index contributed by atoms with van der Waals surface area (Å²) in [6, 6.07) is 0. The minimum atomic E-state index is 0.142. The highest BCUT2D eigenvalue weighted by Gasteiger charge is 2.19. The van der Waals surface area contributed by atoms with Crippen molar-refractivity contribution in [2.24, 2.45) is 17.8 Å². The van der Waals surface area contributed by atoms with Crippen molar-refractivity contribution in [3.8, 4) is 0 Å². The summed E-state index contributed by atoms with van der Waals surface area (Å²) in [7, 11) is 0. The van der Waals surface area contributed by atoms with Gasteiger partial charge in [-0.1, -0.05) is 32.9 Å². The summed E-state index contributed by atoms with van der Waals surface area (Å²) in [4.78, 5) is 11.6. The van der Waals surface area contributed by atoms with Crippen LogP contribution in [0, 0.1) is 17.8 Å². The van der Waals surface area contributed by atoms with Crippen molar-refractivity contribution in [1.29, 1.82) is 0 Å². The van der Waals surface area contributed by atoms with Gasteiger partial charge >= 0.3 is 0 Å². The zero-order chi connectivity index (χ0) is 12.0. The van der Waals surface area contributed by atoms with Crippen molar-refractivity contribution in [1.82, 2.24) is 0 Å². The monoisotopic (exact) mass is 224 g/mol. The molecular formula is C14H24O2. The molecule has 0 spiro atoms. The lowest BCUT2D eigenvalue weighted by molar-refractivity contribution is -0.127. The van der Waals surface area contributed by atoms with Crippen molar-refractivity contribution in [3.63, 3.8) is 0 Å². The van der Waals surface area contributed by atoms with Crippen LogP contribution in [0.4, 0.5) is 0 Å². The summed E-state index contributed by atoms with van der Waals surface area (Å²) in [6.45, 7) is 7.29. The quantitative estimate of drug-likeness (QED) is 0.647. The third-order valence-corrected chi connectivity index (χ3v) is 3.66. The molecule has 0 radical (unpaired) electrons. The Morgan fingerprint density at radius 3 is 2.75 bits per heavy atom. The zero-order valence-corrected chi connectivity index (χ0v) is 10.7. The highest BCUT2D eigenvalue weighted by Crippen LogP contribution is 2.25. The summed E-state index contributed by atoms with van der Waals surface area (Å²) in [5, 5.41) is 0. The first-order chi connectivity index (χ1) is 7.65. The lowest BCUT2D eigenvalue weighted by Gasteiger charge is -2.24. The van der Waals surface area contributed by atoms with Gasteiger partial charge in [0.2, 0.25) is 0 Å². The highest BCUT2D eigenvalue weighted by atomic mass is 16.5. The number of ether oxygens (including phenoxy) is 1. The number of ketones is 1. The van der Waals surface area contributed by atoms with Crippen LogP contribution in [0.3, 0.4) is 0 Å². The Morgan fingerprint density at radius 2 is 2.12 bits per heavy atom. The van der Waals surface area contributed by atoms with Crippen LogP contribution >= 0.6 is 0 Å². The summed E-state index contributed by atoms with van der Waals surface area (Å²) in [6.07, 6.45) is 7.62. The standard InChI is InChI=1S/C14H24O2/c1-4-11(2)14(15)10-16-9-13-8-6-5-7-12(13)3/h5-6,11-13H,4,7-10H2,1-3H3. The fourth-order valence-electron chi connectivity index (χ4n) is 1.92. The molecule has 0 saturated carbocycles. The number of carbonyl (C=O) groups is 1. The molecule has 0 aromatic heterocycles. The number of rotatable bonds is 6. The van der Waals surface area contributed by atoms with E-state index in [1.807, 2.05) is 13.8 Å². The maximum absolute atomic E-state index is 11.6. The van der Waals surface area contributed by atoms with Crippen molar-refractivity contribution in [3.05, 3.63) is 12.2 Å². The first-order valence-electron chi connectivity index (χ1n) is 6.40. The molecule has 3 unspecified atom stereocenters. The van der Waals surface area contributed by atoms with E-state index in [-0.39, 0.29) is 11.7 Å². The van der Waals surface area contributed by atoms with Crippen LogP contribution in [0.5, 0.6) is 0 Å². The maximum Gasteiger partial charge on any atom is 0.161 e. The predicted octanol–water partition coefficient (Wildman–Crippen LogP) is 3.22. The van der Waals surface area contributed by atoms with Crippen LogP contribution in [0.15, 0.2) is 12.2 Å². The SMILES string of the molecule is CCC(C)C(=O)COCC1CC=CCC1C. The normalized spacial score (nSPS) is 26.7. The number of Topliss-reactive ketones (excluding diaryl/α,β-unsaturated/α-hetero) is 1. The van der Waals surface area contributed by atoms with E-state index in [1.54, 1.807) is 0 Å². The van der Waals surface area contributed by atoms with E-state index in [2.05, 4.69) is 19.1 Å². The molecule has 0 saturated heterocycles. The van der Waals surface area contributed by atoms with Crippen LogP contribution < -0.4 is 0 Å². The third-order valence-electron chi connectivity index (χ3n) is 3.66. The number of hydrogen-bond acceptors (Lipinski definition) is 2. The van der Waals surface area contributed by atoms with E-state index in [9.17, 15) is 4.79 Å². The molecule has 1 rings (SSSR count). The number of hydrogen-bond donors (Lipinski definition) is 0. The van der Waals surface area contributed by atoms with Gasteiger partial charge in [-0.05, 0) is 31.1 Å². The van der Waals surface area contributed by atoms with Gasteiger partial charge in [-0.2, -0.15) is 0 Å². The van der Waals surface area contributed by atoms with Crippen LogP contribution in [-0.4, -0.2) is 19.0 Å². The Morgan fingerprint density at radius 1 is 1.44 bits per heavy atom. The fraction of sp³-hybridized carbons (Fsp3) is 0.786. The van der Waals surface area contributed by atoms with Gasteiger partial charge in [0, 0.05) is 5.92 Å².